The highest BCUT2D eigenvalue weighted by Crippen LogP contribution is 2.54. The maximum absolute atomic E-state index is 7.11. The zero-order valence-corrected chi connectivity index (χ0v) is 47.8. The molecule has 282 valence electrons. The van der Waals surface area contributed by atoms with Crippen molar-refractivity contribution in [1.29, 1.82) is 0 Å². The first-order valence-electron chi connectivity index (χ1n) is 14.7. The number of H-pyrrole nitrogens is 2. The van der Waals surface area contributed by atoms with Crippen LogP contribution in [0.4, 0.5) is 0 Å². The van der Waals surface area contributed by atoms with E-state index < -0.39 is 0 Å². The summed E-state index contributed by atoms with van der Waals surface area (Å²) in [7, 11) is 0. The van der Waals surface area contributed by atoms with Crippen molar-refractivity contribution < 1.29 is 0 Å². The maximum Gasteiger partial charge on any atom is 0.166 e. The summed E-state index contributed by atoms with van der Waals surface area (Å²) in [5, 5.41) is 3.69. The van der Waals surface area contributed by atoms with Gasteiger partial charge < -0.3 is 9.97 Å². The Hall–Kier alpha value is 1.16. The van der Waals surface area contributed by atoms with Crippen molar-refractivity contribution >= 4 is 282 Å². The van der Waals surface area contributed by atoms with Crippen LogP contribution in [0.1, 0.15) is 0 Å². The highest BCUT2D eigenvalue weighted by atomic mass is 79.9. The Morgan fingerprint density at radius 3 is 0.875 bits per heavy atom. The van der Waals surface area contributed by atoms with Crippen molar-refractivity contribution in [3.05, 3.63) is 73.8 Å². The minimum atomic E-state index is 0.251. The average Bonchev–Trinajstić information content (AvgIpc) is 3.92. The van der Waals surface area contributed by atoms with Gasteiger partial charge in [0.1, 0.15) is 22.6 Å². The number of aromatic nitrogens is 8. The van der Waals surface area contributed by atoms with Crippen LogP contribution in [-0.4, -0.2) is 39.9 Å². The minimum absolute atomic E-state index is 0.251. The van der Waals surface area contributed by atoms with Crippen LogP contribution in [0.2, 0.25) is 20.1 Å². The molecule has 0 aliphatic carbocycles. The molecule has 0 saturated heterocycles. The van der Waals surface area contributed by atoms with Gasteiger partial charge in [0.05, 0.1) is 49.1 Å². The fourth-order valence-corrected chi connectivity index (χ4v) is 14.4. The predicted octanol–water partition coefficient (Wildman–Crippen LogP) is 18.6. The molecule has 7 aromatic rings. The zero-order chi connectivity index (χ0) is 40.1. The lowest BCUT2D eigenvalue weighted by Gasteiger charge is -2.10. The first-order valence-corrected chi connectivity index (χ1v) is 25.7. The third kappa shape index (κ3) is 6.23. The minimum Gasteiger partial charge on any atom is -0.324 e. The normalized spacial score (nSPS) is 12.3. The second-order valence-corrected chi connectivity index (χ2v) is 22.7. The van der Waals surface area contributed by atoms with E-state index in [1.165, 1.54) is 0 Å². The van der Waals surface area contributed by atoms with Gasteiger partial charge in [0.15, 0.2) is 23.3 Å². The third-order valence-corrected chi connectivity index (χ3v) is 24.9. The smallest absolute Gasteiger partial charge is 0.166 e. The lowest BCUT2D eigenvalue weighted by atomic mass is 10.1. The number of halogens is 16. The molecule has 8 bridgehead atoms. The first-order chi connectivity index (χ1) is 26.4. The Morgan fingerprint density at radius 2 is 0.536 bits per heavy atom. The van der Waals surface area contributed by atoms with Gasteiger partial charge in [-0.1, -0.05) is 46.4 Å². The SMILES string of the molecule is Clc1c(Br)c(Br)c(Br)c2c1-c1nc-2nc2[nH]c(nc3nc(nc4[nH]c(n1)c1c(Br)c(Br)c(Br)c(Cl)c41)-c1c(Br)c(Br)c(Br)c(Cl)c1-3)c1c(Br)c(Br)c(Br)c(Cl)c21. The Morgan fingerprint density at radius 1 is 0.268 bits per heavy atom. The monoisotopic (exact) mass is 1580 g/mol. The summed E-state index contributed by atoms with van der Waals surface area (Å²) in [6, 6.07) is 0. The van der Waals surface area contributed by atoms with E-state index >= 15 is 0 Å². The molecule has 0 saturated carbocycles. The van der Waals surface area contributed by atoms with E-state index in [1.54, 1.807) is 0 Å². The summed E-state index contributed by atoms with van der Waals surface area (Å²) in [5.41, 5.74) is 3.56. The molecule has 0 spiro atoms. The number of nitrogens with one attached hydrogen (secondary N) is 2. The molecule has 8 nitrogen and oxygen atoms in total. The van der Waals surface area contributed by atoms with E-state index in [2.05, 4.69) is 201 Å². The molecule has 2 aliphatic heterocycles. The van der Waals surface area contributed by atoms with Crippen LogP contribution in [0, 0.1) is 0 Å². The quantitative estimate of drug-likeness (QED) is 0.116. The maximum atomic E-state index is 7.11. The van der Waals surface area contributed by atoms with Gasteiger partial charge in [-0.2, -0.15) is 0 Å². The number of benzene rings is 4. The van der Waals surface area contributed by atoms with Gasteiger partial charge in [-0.15, -0.1) is 0 Å². The second-order valence-electron chi connectivity index (χ2n) is 11.6. The van der Waals surface area contributed by atoms with Gasteiger partial charge in [0, 0.05) is 68.5 Å². The van der Waals surface area contributed by atoms with Gasteiger partial charge in [0.25, 0.3) is 0 Å². The van der Waals surface area contributed by atoms with E-state index in [4.69, 9.17) is 76.3 Å². The molecule has 0 amide bonds. The fourth-order valence-electron chi connectivity index (χ4n) is 6.24. The van der Waals surface area contributed by atoms with E-state index in [1.807, 2.05) is 0 Å². The number of aromatic amines is 2. The van der Waals surface area contributed by atoms with Crippen LogP contribution in [0.25, 0.3) is 89.7 Å². The molecule has 9 rings (SSSR count). The summed E-state index contributed by atoms with van der Waals surface area (Å²) in [6.45, 7) is 0. The van der Waals surface area contributed by atoms with Crippen molar-refractivity contribution in [3.8, 4) is 45.6 Å². The molecule has 24 heteroatoms. The molecule has 56 heavy (non-hydrogen) atoms. The van der Waals surface area contributed by atoms with Crippen molar-refractivity contribution in [2.45, 2.75) is 0 Å². The summed E-state index contributed by atoms with van der Waals surface area (Å²) < 4.78 is 7.51. The van der Waals surface area contributed by atoms with E-state index in [0.29, 0.717) is 140 Å². The van der Waals surface area contributed by atoms with Crippen LogP contribution in [0.15, 0.2) is 53.7 Å². The third-order valence-electron chi connectivity index (χ3n) is 8.68. The van der Waals surface area contributed by atoms with Gasteiger partial charge in [-0.05, 0) is 191 Å². The largest absolute Gasteiger partial charge is 0.324 e. The van der Waals surface area contributed by atoms with Crippen molar-refractivity contribution in [2.75, 3.05) is 0 Å². The first kappa shape index (κ1) is 42.5. The van der Waals surface area contributed by atoms with Crippen LogP contribution >= 0.6 is 238 Å². The van der Waals surface area contributed by atoms with Gasteiger partial charge in [-0.3, -0.25) is 0 Å². The average molecular weight is 1600 g/mol. The Kier molecular flexibility index (Phi) is 11.7. The van der Waals surface area contributed by atoms with E-state index in [0.717, 1.165) is 0 Å². The van der Waals surface area contributed by atoms with E-state index in [-0.39, 0.29) is 23.3 Å². The Balaban J connectivity index is 1.61. The molecule has 0 unspecified atom stereocenters. The van der Waals surface area contributed by atoms with Crippen LogP contribution < -0.4 is 0 Å². The van der Waals surface area contributed by atoms with Crippen molar-refractivity contribution in [3.63, 3.8) is 0 Å². The van der Waals surface area contributed by atoms with E-state index in [9.17, 15) is 0 Å². The standard InChI is InChI=1S/C32H2Br12Cl4N8/c33-9-1-5(21(45)17(41)13(9)37)29-49-25(1)53-30-6-2(10(34)14(38)18(42)22(6)46)27(50-30)55-32-8-4(12(36)16(40)20(44)24(8)48)28(52-32)56-31-7-3(26(51-31)54-29)11(35)15(39)19(43)23(7)47/h(H2,49,50,51,52,53,54,55,56). The van der Waals surface area contributed by atoms with Gasteiger partial charge in [0.2, 0.25) is 0 Å². The topological polar surface area (TPSA) is 109 Å². The lowest BCUT2D eigenvalue weighted by Crippen LogP contribution is -1.89. The molecule has 0 atom stereocenters. The fraction of sp³-hybridized carbons (Fsp3) is 0. The second kappa shape index (κ2) is 15.5. The zero-order valence-electron chi connectivity index (χ0n) is 25.7. The summed E-state index contributed by atoms with van der Waals surface area (Å²) in [6.07, 6.45) is 0. The number of hydrogen-bond acceptors (Lipinski definition) is 6. The highest BCUT2D eigenvalue weighted by molar-refractivity contribution is 9.15. The number of rotatable bonds is 0. The molecular weight excluding hydrogens is 1600 g/mol. The number of fused-ring (bicyclic) bond motifs is 20. The lowest BCUT2D eigenvalue weighted by molar-refractivity contribution is 1.19. The molecule has 0 radical (unpaired) electrons. The Bertz CT molecular complexity index is 2830. The van der Waals surface area contributed by atoms with Crippen molar-refractivity contribution in [2.24, 2.45) is 0 Å². The highest BCUT2D eigenvalue weighted by Gasteiger charge is 2.33. The Labute approximate surface area is 434 Å². The summed E-state index contributed by atoms with van der Waals surface area (Å²) in [5.74, 6) is 1.05. The molecule has 5 heterocycles. The van der Waals surface area contributed by atoms with Crippen molar-refractivity contribution in [1.82, 2.24) is 39.9 Å². The summed E-state index contributed by atoms with van der Waals surface area (Å²) >= 11 is 72.7. The molecular formula is C32H2Br12Cl4N8. The molecule has 0 fully saturated rings. The van der Waals surface area contributed by atoms with Crippen LogP contribution in [0.5, 0.6) is 0 Å². The molecule has 2 aliphatic rings. The number of hydrogen-bond donors (Lipinski definition) is 2. The van der Waals surface area contributed by atoms with Gasteiger partial charge in [-0.25, -0.2) is 29.9 Å². The molecule has 4 aromatic carbocycles. The predicted molar refractivity (Wildman–Crippen MR) is 268 cm³/mol. The van der Waals surface area contributed by atoms with Gasteiger partial charge >= 0.3 is 0 Å². The molecule has 2 N–H and O–H groups in total. The van der Waals surface area contributed by atoms with Crippen LogP contribution in [-0.2, 0) is 0 Å². The summed E-state index contributed by atoms with van der Waals surface area (Å²) in [4.78, 5) is 37.3. The molecule has 3 aromatic heterocycles. The number of nitrogens with zero attached hydrogens (tertiary/aromatic N) is 6. The van der Waals surface area contributed by atoms with Crippen LogP contribution in [0.3, 0.4) is 0 Å².